The highest BCUT2D eigenvalue weighted by atomic mass is 32.2. The van der Waals surface area contributed by atoms with Crippen molar-refractivity contribution in [2.45, 2.75) is 29.9 Å². The van der Waals surface area contributed by atoms with Gasteiger partial charge >= 0.3 is 0 Å². The summed E-state index contributed by atoms with van der Waals surface area (Å²) in [5.41, 5.74) is 10.4. The Kier molecular flexibility index (Phi) is 3.38. The van der Waals surface area contributed by atoms with Crippen LogP contribution in [0.2, 0.25) is 0 Å². The van der Waals surface area contributed by atoms with E-state index in [0.717, 1.165) is 16.9 Å². The molecule has 1 unspecified atom stereocenters. The fourth-order valence-corrected chi connectivity index (χ4v) is 3.75. The molecular weight excluding hydrogens is 254 g/mol. The number of fused-ring (bicyclic) bond motifs is 1. The van der Waals surface area contributed by atoms with Crippen molar-refractivity contribution in [3.63, 3.8) is 0 Å². The molecule has 0 aliphatic heterocycles. The molecule has 0 saturated carbocycles. The first-order valence-corrected chi connectivity index (χ1v) is 7.89. The molecule has 2 nitrogen and oxygen atoms in total. The first-order chi connectivity index (χ1) is 9.22. The Hall–Kier alpha value is -1.61. The molecular formula is C16H17NOS. The summed E-state index contributed by atoms with van der Waals surface area (Å²) in [6.07, 6.45) is 3.60. The largest absolute Gasteiger partial charge is 0.399 e. The fourth-order valence-electron chi connectivity index (χ4n) is 2.61. The van der Waals surface area contributed by atoms with E-state index in [9.17, 15) is 4.21 Å². The van der Waals surface area contributed by atoms with Gasteiger partial charge in [-0.15, -0.1) is 0 Å². The Morgan fingerprint density at radius 3 is 2.74 bits per heavy atom. The molecule has 0 radical (unpaired) electrons. The highest BCUT2D eigenvalue weighted by Crippen LogP contribution is 2.24. The van der Waals surface area contributed by atoms with Crippen molar-refractivity contribution >= 4 is 16.5 Å². The molecule has 98 valence electrons. The van der Waals surface area contributed by atoms with Gasteiger partial charge in [0.2, 0.25) is 0 Å². The van der Waals surface area contributed by atoms with Gasteiger partial charge in [-0.05, 0) is 54.2 Å². The minimum absolute atomic E-state index is 0.566. The molecule has 0 amide bonds. The summed E-state index contributed by atoms with van der Waals surface area (Å²) in [5.74, 6) is 0.566. The Morgan fingerprint density at radius 2 is 1.89 bits per heavy atom. The number of rotatable bonds is 3. The summed E-state index contributed by atoms with van der Waals surface area (Å²) in [6, 6.07) is 13.8. The van der Waals surface area contributed by atoms with Crippen molar-refractivity contribution < 1.29 is 4.21 Å². The van der Waals surface area contributed by atoms with Crippen LogP contribution in [0.4, 0.5) is 5.69 Å². The van der Waals surface area contributed by atoms with E-state index in [2.05, 4.69) is 18.2 Å². The number of hydrogen-bond donors (Lipinski definition) is 1. The predicted octanol–water partition coefficient (Wildman–Crippen LogP) is 3.07. The molecule has 1 aliphatic carbocycles. The van der Waals surface area contributed by atoms with E-state index in [1.54, 1.807) is 6.07 Å². The van der Waals surface area contributed by atoms with Crippen LogP contribution in [0.3, 0.4) is 0 Å². The Balaban J connectivity index is 1.80. The van der Waals surface area contributed by atoms with Crippen LogP contribution in [0.5, 0.6) is 0 Å². The first-order valence-electron chi connectivity index (χ1n) is 6.57. The maximum atomic E-state index is 12.3. The van der Waals surface area contributed by atoms with Crippen molar-refractivity contribution in [1.29, 1.82) is 0 Å². The van der Waals surface area contributed by atoms with Crippen molar-refractivity contribution in [1.82, 2.24) is 0 Å². The summed E-state index contributed by atoms with van der Waals surface area (Å²) >= 11 is 0. The zero-order chi connectivity index (χ0) is 13.2. The van der Waals surface area contributed by atoms with Crippen LogP contribution in [0.1, 0.15) is 23.1 Å². The average Bonchev–Trinajstić information content (AvgIpc) is 2.86. The predicted molar refractivity (Wildman–Crippen MR) is 79.4 cm³/mol. The van der Waals surface area contributed by atoms with Crippen LogP contribution < -0.4 is 5.73 Å². The summed E-state index contributed by atoms with van der Waals surface area (Å²) < 4.78 is 12.3. The molecule has 1 aliphatic rings. The van der Waals surface area contributed by atoms with Crippen LogP contribution in [-0.2, 0) is 29.4 Å². The van der Waals surface area contributed by atoms with Gasteiger partial charge in [-0.25, -0.2) is 0 Å². The van der Waals surface area contributed by atoms with E-state index in [4.69, 9.17) is 5.73 Å². The molecule has 2 N–H and O–H groups in total. The van der Waals surface area contributed by atoms with Crippen LogP contribution in [0.15, 0.2) is 47.4 Å². The SMILES string of the molecule is Nc1cccc(S(=O)Cc2ccc3c(c2)CCC3)c1. The molecule has 0 bridgehead atoms. The van der Waals surface area contributed by atoms with Gasteiger partial charge in [0.05, 0.1) is 16.6 Å². The van der Waals surface area contributed by atoms with Gasteiger partial charge in [-0.2, -0.15) is 0 Å². The highest BCUT2D eigenvalue weighted by molar-refractivity contribution is 7.84. The Labute approximate surface area is 116 Å². The number of nitrogens with two attached hydrogens (primary N) is 1. The van der Waals surface area contributed by atoms with E-state index in [-0.39, 0.29) is 0 Å². The zero-order valence-electron chi connectivity index (χ0n) is 10.8. The van der Waals surface area contributed by atoms with Gasteiger partial charge < -0.3 is 5.73 Å². The Bertz CT molecular complexity index is 636. The topological polar surface area (TPSA) is 43.1 Å². The van der Waals surface area contributed by atoms with Crippen molar-refractivity contribution in [3.05, 3.63) is 59.2 Å². The summed E-state index contributed by atoms with van der Waals surface area (Å²) in [7, 11) is -1.02. The van der Waals surface area contributed by atoms with E-state index in [1.165, 1.54) is 24.0 Å². The molecule has 3 heteroatoms. The average molecular weight is 271 g/mol. The second-order valence-electron chi connectivity index (χ2n) is 5.02. The maximum Gasteiger partial charge on any atom is 0.0574 e. The van der Waals surface area contributed by atoms with Gasteiger partial charge in [0, 0.05) is 10.6 Å². The third-order valence-corrected chi connectivity index (χ3v) is 4.96. The van der Waals surface area contributed by atoms with Gasteiger partial charge in [0.15, 0.2) is 0 Å². The van der Waals surface area contributed by atoms with E-state index >= 15 is 0 Å². The molecule has 19 heavy (non-hydrogen) atoms. The van der Waals surface area contributed by atoms with Gasteiger partial charge in [-0.3, -0.25) is 4.21 Å². The standard InChI is InChI=1S/C16H17NOS/c17-15-5-2-6-16(10-15)19(18)11-12-7-8-13-3-1-4-14(13)9-12/h2,5-10H,1,3-4,11,17H2. The normalized spacial score (nSPS) is 15.2. The van der Waals surface area contributed by atoms with Crippen LogP contribution in [-0.4, -0.2) is 4.21 Å². The molecule has 2 aromatic carbocycles. The number of benzene rings is 2. The zero-order valence-corrected chi connectivity index (χ0v) is 11.6. The number of aryl methyl sites for hydroxylation is 2. The quantitative estimate of drug-likeness (QED) is 0.872. The third kappa shape index (κ3) is 2.71. The number of anilines is 1. The van der Waals surface area contributed by atoms with Gasteiger partial charge in [0.25, 0.3) is 0 Å². The summed E-state index contributed by atoms with van der Waals surface area (Å²) in [6.45, 7) is 0. The van der Waals surface area contributed by atoms with Crippen molar-refractivity contribution in [2.75, 3.05) is 5.73 Å². The van der Waals surface area contributed by atoms with Gasteiger partial charge in [-0.1, -0.05) is 24.3 Å². The van der Waals surface area contributed by atoms with Crippen LogP contribution in [0.25, 0.3) is 0 Å². The second kappa shape index (κ2) is 5.17. The molecule has 0 fully saturated rings. The number of hydrogen-bond acceptors (Lipinski definition) is 2. The molecule has 0 aromatic heterocycles. The second-order valence-corrected chi connectivity index (χ2v) is 6.47. The van der Waals surface area contributed by atoms with Crippen molar-refractivity contribution in [3.8, 4) is 0 Å². The van der Waals surface area contributed by atoms with E-state index < -0.39 is 10.8 Å². The highest BCUT2D eigenvalue weighted by Gasteiger charge is 2.12. The summed E-state index contributed by atoms with van der Waals surface area (Å²) in [5, 5.41) is 0. The van der Waals surface area contributed by atoms with Gasteiger partial charge in [0.1, 0.15) is 0 Å². The number of nitrogen functional groups attached to an aromatic ring is 1. The molecule has 3 rings (SSSR count). The maximum absolute atomic E-state index is 12.3. The third-order valence-electron chi connectivity index (χ3n) is 3.58. The minimum Gasteiger partial charge on any atom is -0.399 e. The monoisotopic (exact) mass is 271 g/mol. The van der Waals surface area contributed by atoms with E-state index in [1.807, 2.05) is 18.2 Å². The molecule has 0 saturated heterocycles. The lowest BCUT2D eigenvalue weighted by Crippen LogP contribution is -1.98. The van der Waals surface area contributed by atoms with Crippen molar-refractivity contribution in [2.24, 2.45) is 0 Å². The molecule has 2 aromatic rings. The lowest BCUT2D eigenvalue weighted by atomic mass is 10.1. The fraction of sp³-hybridized carbons (Fsp3) is 0.250. The van der Waals surface area contributed by atoms with E-state index in [0.29, 0.717) is 11.4 Å². The first kappa shape index (κ1) is 12.4. The molecule has 0 heterocycles. The summed E-state index contributed by atoms with van der Waals surface area (Å²) in [4.78, 5) is 0.806. The molecule has 0 spiro atoms. The Morgan fingerprint density at radius 1 is 1.05 bits per heavy atom. The van der Waals surface area contributed by atoms with Crippen LogP contribution >= 0.6 is 0 Å². The molecule has 1 atom stereocenters. The minimum atomic E-state index is -1.02. The lowest BCUT2D eigenvalue weighted by Gasteiger charge is -2.06. The lowest BCUT2D eigenvalue weighted by molar-refractivity contribution is 0.682. The smallest absolute Gasteiger partial charge is 0.0574 e. The van der Waals surface area contributed by atoms with Crippen LogP contribution in [0, 0.1) is 0 Å².